The minimum atomic E-state index is 0.0209. The third kappa shape index (κ3) is 1.60. The Hall–Kier alpha value is -1.55. The number of aromatic nitrogens is 2. The van der Waals surface area contributed by atoms with Gasteiger partial charge < -0.3 is 10.0 Å². The van der Waals surface area contributed by atoms with Crippen LogP contribution in [0.5, 0.6) is 0 Å². The van der Waals surface area contributed by atoms with Crippen molar-refractivity contribution in [1.29, 1.82) is 0 Å². The second-order valence-electron chi connectivity index (χ2n) is 5.54. The van der Waals surface area contributed by atoms with Crippen LogP contribution in [0.25, 0.3) is 5.65 Å². The second kappa shape index (κ2) is 3.99. The van der Waals surface area contributed by atoms with Gasteiger partial charge in [-0.15, -0.1) is 0 Å². The molecule has 0 aliphatic carbocycles. The van der Waals surface area contributed by atoms with E-state index in [1.165, 1.54) is 12.8 Å². The molecule has 4 heteroatoms. The molecule has 1 fully saturated rings. The maximum Gasteiger partial charge on any atom is 0.154 e. The normalized spacial score (nSPS) is 18.7. The van der Waals surface area contributed by atoms with Gasteiger partial charge >= 0.3 is 0 Å². The van der Waals surface area contributed by atoms with Gasteiger partial charge in [-0.3, -0.25) is 4.40 Å². The van der Waals surface area contributed by atoms with E-state index in [0.717, 1.165) is 23.7 Å². The molecule has 2 aromatic rings. The SMILES string of the molecule is CC1(C)CCCN1c1nc2ccccn2c1CO. The highest BCUT2D eigenvalue weighted by Crippen LogP contribution is 2.35. The fourth-order valence-electron chi connectivity index (χ4n) is 2.90. The quantitative estimate of drug-likeness (QED) is 0.882. The van der Waals surface area contributed by atoms with Crippen LogP contribution in [0.3, 0.4) is 0 Å². The first-order valence-electron chi connectivity index (χ1n) is 6.48. The molecular weight excluding hydrogens is 226 g/mol. The standard InChI is InChI=1S/C14H19N3O/c1-14(2)7-5-9-17(14)13-11(10-18)16-8-4-3-6-12(16)15-13/h3-4,6,8,18H,5,7,9-10H2,1-2H3. The lowest BCUT2D eigenvalue weighted by molar-refractivity contribution is 0.275. The average Bonchev–Trinajstić information content (AvgIpc) is 2.87. The summed E-state index contributed by atoms with van der Waals surface area (Å²) in [6.07, 6.45) is 4.32. The molecule has 2 aromatic heterocycles. The molecule has 0 aromatic carbocycles. The van der Waals surface area contributed by atoms with E-state index >= 15 is 0 Å². The molecule has 0 saturated carbocycles. The Bertz CT molecular complexity index is 573. The Morgan fingerprint density at radius 2 is 2.22 bits per heavy atom. The van der Waals surface area contributed by atoms with Crippen molar-refractivity contribution >= 4 is 11.5 Å². The molecule has 4 nitrogen and oxygen atoms in total. The zero-order valence-corrected chi connectivity index (χ0v) is 10.9. The van der Waals surface area contributed by atoms with Gasteiger partial charge in [-0.25, -0.2) is 4.98 Å². The lowest BCUT2D eigenvalue weighted by Crippen LogP contribution is -2.39. The summed E-state index contributed by atoms with van der Waals surface area (Å²) in [6, 6.07) is 5.92. The number of aliphatic hydroxyl groups excluding tert-OH is 1. The first-order chi connectivity index (χ1) is 8.63. The van der Waals surface area contributed by atoms with Crippen molar-refractivity contribution < 1.29 is 5.11 Å². The van der Waals surface area contributed by atoms with Gasteiger partial charge in [-0.2, -0.15) is 0 Å². The number of aliphatic hydroxyl groups is 1. The smallest absolute Gasteiger partial charge is 0.154 e. The Labute approximate surface area is 107 Å². The van der Waals surface area contributed by atoms with E-state index in [2.05, 4.69) is 18.7 Å². The summed E-state index contributed by atoms with van der Waals surface area (Å²) >= 11 is 0. The van der Waals surface area contributed by atoms with Crippen LogP contribution in [-0.2, 0) is 6.61 Å². The van der Waals surface area contributed by atoms with Crippen LogP contribution in [0.15, 0.2) is 24.4 Å². The van der Waals surface area contributed by atoms with Crippen molar-refractivity contribution in [3.8, 4) is 0 Å². The first-order valence-corrected chi connectivity index (χ1v) is 6.48. The summed E-state index contributed by atoms with van der Waals surface area (Å²) in [5.41, 5.74) is 1.92. The summed E-state index contributed by atoms with van der Waals surface area (Å²) in [5.74, 6) is 0.936. The molecule has 1 aliphatic rings. The lowest BCUT2D eigenvalue weighted by Gasteiger charge is -2.32. The molecule has 0 unspecified atom stereocenters. The van der Waals surface area contributed by atoms with Gasteiger partial charge in [0.15, 0.2) is 5.82 Å². The summed E-state index contributed by atoms with van der Waals surface area (Å²) in [7, 11) is 0. The van der Waals surface area contributed by atoms with E-state index in [9.17, 15) is 5.11 Å². The monoisotopic (exact) mass is 245 g/mol. The molecule has 0 amide bonds. The first kappa shape index (κ1) is 11.5. The highest BCUT2D eigenvalue weighted by Gasteiger charge is 2.35. The van der Waals surface area contributed by atoms with Crippen LogP contribution in [0.2, 0.25) is 0 Å². The maximum atomic E-state index is 9.65. The second-order valence-corrected chi connectivity index (χ2v) is 5.54. The third-order valence-corrected chi connectivity index (χ3v) is 3.91. The van der Waals surface area contributed by atoms with Crippen molar-refractivity contribution in [2.75, 3.05) is 11.4 Å². The summed E-state index contributed by atoms with van der Waals surface area (Å²) in [5, 5.41) is 9.65. The van der Waals surface area contributed by atoms with E-state index in [1.54, 1.807) is 0 Å². The fourth-order valence-corrected chi connectivity index (χ4v) is 2.90. The van der Waals surface area contributed by atoms with Gasteiger partial charge in [0.05, 0.1) is 12.3 Å². The number of nitrogens with zero attached hydrogens (tertiary/aromatic N) is 3. The highest BCUT2D eigenvalue weighted by molar-refractivity contribution is 5.57. The van der Waals surface area contributed by atoms with E-state index < -0.39 is 0 Å². The van der Waals surface area contributed by atoms with Crippen LogP contribution >= 0.6 is 0 Å². The largest absolute Gasteiger partial charge is 0.390 e. The zero-order valence-electron chi connectivity index (χ0n) is 10.9. The van der Waals surface area contributed by atoms with E-state index in [0.29, 0.717) is 0 Å². The highest BCUT2D eigenvalue weighted by atomic mass is 16.3. The number of fused-ring (bicyclic) bond motifs is 1. The van der Waals surface area contributed by atoms with Gasteiger partial charge in [0.2, 0.25) is 0 Å². The molecule has 0 radical (unpaired) electrons. The minimum Gasteiger partial charge on any atom is -0.390 e. The molecule has 96 valence electrons. The molecule has 3 heterocycles. The molecule has 1 aliphatic heterocycles. The number of anilines is 1. The molecular formula is C14H19N3O. The molecule has 1 N–H and O–H groups in total. The third-order valence-electron chi connectivity index (χ3n) is 3.91. The number of hydrogen-bond donors (Lipinski definition) is 1. The van der Waals surface area contributed by atoms with Crippen LogP contribution in [-0.4, -0.2) is 26.6 Å². The van der Waals surface area contributed by atoms with Crippen molar-refractivity contribution in [3.05, 3.63) is 30.1 Å². The number of hydrogen-bond acceptors (Lipinski definition) is 3. The van der Waals surface area contributed by atoms with Gasteiger partial charge in [0.1, 0.15) is 5.65 Å². The van der Waals surface area contributed by atoms with Crippen molar-refractivity contribution in [2.45, 2.75) is 38.8 Å². The molecule has 0 atom stereocenters. The van der Waals surface area contributed by atoms with E-state index in [1.807, 2.05) is 28.8 Å². The van der Waals surface area contributed by atoms with Crippen LogP contribution < -0.4 is 4.90 Å². The van der Waals surface area contributed by atoms with Gasteiger partial charge in [0.25, 0.3) is 0 Å². The van der Waals surface area contributed by atoms with Crippen LogP contribution in [0.1, 0.15) is 32.4 Å². The van der Waals surface area contributed by atoms with E-state index in [4.69, 9.17) is 4.98 Å². The molecule has 18 heavy (non-hydrogen) atoms. The minimum absolute atomic E-state index is 0.0209. The zero-order chi connectivity index (χ0) is 12.8. The molecule has 1 saturated heterocycles. The average molecular weight is 245 g/mol. The Balaban J connectivity index is 2.17. The Morgan fingerprint density at radius 3 is 2.89 bits per heavy atom. The van der Waals surface area contributed by atoms with Crippen molar-refractivity contribution in [1.82, 2.24) is 9.38 Å². The van der Waals surface area contributed by atoms with Crippen molar-refractivity contribution in [3.63, 3.8) is 0 Å². The maximum absolute atomic E-state index is 9.65. The van der Waals surface area contributed by atoms with Crippen molar-refractivity contribution in [2.24, 2.45) is 0 Å². The van der Waals surface area contributed by atoms with Gasteiger partial charge in [-0.05, 0) is 38.8 Å². The number of imidazole rings is 1. The number of pyridine rings is 1. The predicted octanol–water partition coefficient (Wildman–Crippen LogP) is 2.21. The molecule has 0 bridgehead atoms. The Kier molecular flexibility index (Phi) is 2.55. The van der Waals surface area contributed by atoms with Gasteiger partial charge in [-0.1, -0.05) is 6.07 Å². The topological polar surface area (TPSA) is 40.8 Å². The van der Waals surface area contributed by atoms with Gasteiger partial charge in [0, 0.05) is 18.3 Å². The summed E-state index contributed by atoms with van der Waals surface area (Å²) in [6.45, 7) is 5.52. The molecule has 0 spiro atoms. The van der Waals surface area contributed by atoms with E-state index in [-0.39, 0.29) is 12.1 Å². The summed E-state index contributed by atoms with van der Waals surface area (Å²) in [4.78, 5) is 7.01. The Morgan fingerprint density at radius 1 is 1.39 bits per heavy atom. The summed E-state index contributed by atoms with van der Waals surface area (Å²) < 4.78 is 1.98. The predicted molar refractivity (Wildman–Crippen MR) is 71.8 cm³/mol. The molecule has 3 rings (SSSR count). The fraction of sp³-hybridized carbons (Fsp3) is 0.500. The van der Waals surface area contributed by atoms with Crippen LogP contribution in [0.4, 0.5) is 5.82 Å². The van der Waals surface area contributed by atoms with Crippen LogP contribution in [0, 0.1) is 0 Å². The number of rotatable bonds is 2. The lowest BCUT2D eigenvalue weighted by atomic mass is 10.0.